The molecule has 1 aliphatic rings. The number of benzene rings is 2. The minimum absolute atomic E-state index is 0.140. The Labute approximate surface area is 207 Å². The molecule has 4 N–H and O–H groups in total. The Bertz CT molecular complexity index is 1230. The molecule has 0 spiro atoms. The summed E-state index contributed by atoms with van der Waals surface area (Å²) in [4.78, 5) is 25.1. The molecule has 0 heterocycles. The summed E-state index contributed by atoms with van der Waals surface area (Å²) < 4.78 is 64.7. The van der Waals surface area contributed by atoms with E-state index < -0.39 is 46.0 Å². The molecule has 0 unspecified atom stereocenters. The number of sulfone groups is 1. The molecule has 7 nitrogen and oxygen atoms in total. The number of carbonyl (C=O) groups excluding carboxylic acids is 2. The van der Waals surface area contributed by atoms with Crippen molar-refractivity contribution >= 4 is 33.4 Å². The van der Waals surface area contributed by atoms with Crippen molar-refractivity contribution in [1.29, 1.82) is 0 Å². The van der Waals surface area contributed by atoms with Crippen molar-refractivity contribution in [1.82, 2.24) is 10.6 Å². The van der Waals surface area contributed by atoms with Crippen LogP contribution in [0.4, 0.5) is 18.9 Å². The zero-order valence-electron chi connectivity index (χ0n) is 19.5. The molecule has 11 heteroatoms. The average Bonchev–Trinajstić information content (AvgIpc) is 2.83. The number of anilines is 1. The largest absolute Gasteiger partial charge is 0.416 e. The molecule has 194 valence electrons. The Morgan fingerprint density at radius 1 is 1.08 bits per heavy atom. The first-order valence-corrected chi connectivity index (χ1v) is 13.1. The van der Waals surface area contributed by atoms with Crippen LogP contribution in [0.1, 0.15) is 47.2 Å². The molecule has 3 rings (SSSR count). The topological polar surface area (TPSA) is 118 Å². The van der Waals surface area contributed by atoms with Gasteiger partial charge >= 0.3 is 6.18 Å². The number of nitrogens with two attached hydrogens (primary N) is 1. The van der Waals surface area contributed by atoms with E-state index >= 15 is 0 Å². The number of hydrogen-bond acceptors (Lipinski definition) is 5. The van der Waals surface area contributed by atoms with Crippen molar-refractivity contribution in [3.63, 3.8) is 0 Å². The predicted octanol–water partition coefficient (Wildman–Crippen LogP) is 3.81. The molecule has 2 aromatic carbocycles. The number of hydrogen-bond donors (Lipinski definition) is 3. The van der Waals surface area contributed by atoms with E-state index in [2.05, 4.69) is 17.2 Å². The van der Waals surface area contributed by atoms with Gasteiger partial charge in [-0.3, -0.25) is 9.59 Å². The van der Waals surface area contributed by atoms with E-state index in [9.17, 15) is 31.2 Å². The fraction of sp³-hybridized carbons (Fsp3) is 0.360. The summed E-state index contributed by atoms with van der Waals surface area (Å²) in [5.41, 5.74) is 4.87. The Morgan fingerprint density at radius 2 is 1.75 bits per heavy atom. The van der Waals surface area contributed by atoms with Gasteiger partial charge in [-0.1, -0.05) is 37.6 Å². The van der Waals surface area contributed by atoms with E-state index in [0.717, 1.165) is 30.5 Å². The minimum atomic E-state index is -4.65. The normalized spacial score (nSPS) is 18.3. The lowest BCUT2D eigenvalue weighted by Crippen LogP contribution is -2.47. The SMILES string of the molecule is C=Cc1ccc(S(=O)(=O)C[C@@H]2CCCC[C@@H]2NC(=O)CNC(=O)c2cc(C(F)(F)F)ccc2N)cc1. The van der Waals surface area contributed by atoms with E-state index in [1.807, 2.05) is 0 Å². The number of nitrogen functional groups attached to an aromatic ring is 1. The number of alkyl halides is 3. The van der Waals surface area contributed by atoms with E-state index in [1.54, 1.807) is 18.2 Å². The van der Waals surface area contributed by atoms with Crippen LogP contribution in [0.25, 0.3) is 6.08 Å². The maximum atomic E-state index is 13.0. The highest BCUT2D eigenvalue weighted by Gasteiger charge is 2.33. The lowest BCUT2D eigenvalue weighted by Gasteiger charge is -2.32. The number of amides is 2. The van der Waals surface area contributed by atoms with Gasteiger partial charge in [-0.15, -0.1) is 0 Å². The fourth-order valence-electron chi connectivity index (χ4n) is 4.23. The molecule has 0 aromatic heterocycles. The second-order valence-electron chi connectivity index (χ2n) is 8.76. The van der Waals surface area contributed by atoms with Gasteiger partial charge in [0, 0.05) is 11.7 Å². The first-order valence-electron chi connectivity index (χ1n) is 11.4. The van der Waals surface area contributed by atoms with Crippen LogP contribution in [0.3, 0.4) is 0 Å². The van der Waals surface area contributed by atoms with Crippen LogP contribution in [-0.2, 0) is 20.8 Å². The van der Waals surface area contributed by atoms with Crippen LogP contribution in [0.15, 0.2) is 53.9 Å². The van der Waals surface area contributed by atoms with Gasteiger partial charge < -0.3 is 16.4 Å². The van der Waals surface area contributed by atoms with Gasteiger partial charge in [-0.05, 0) is 54.7 Å². The number of carbonyl (C=O) groups is 2. The highest BCUT2D eigenvalue weighted by molar-refractivity contribution is 7.91. The third-order valence-corrected chi connectivity index (χ3v) is 8.06. The van der Waals surface area contributed by atoms with E-state index in [0.29, 0.717) is 18.9 Å². The summed E-state index contributed by atoms with van der Waals surface area (Å²) >= 11 is 0. The summed E-state index contributed by atoms with van der Waals surface area (Å²) in [6.45, 7) is 3.16. The summed E-state index contributed by atoms with van der Waals surface area (Å²) in [5.74, 6) is -1.95. The molecule has 36 heavy (non-hydrogen) atoms. The first-order chi connectivity index (χ1) is 16.9. The molecule has 1 aliphatic carbocycles. The molecule has 0 saturated heterocycles. The monoisotopic (exact) mass is 523 g/mol. The molecular weight excluding hydrogens is 495 g/mol. The van der Waals surface area contributed by atoms with Crippen LogP contribution in [0, 0.1) is 5.92 Å². The molecule has 0 radical (unpaired) electrons. The molecule has 2 amide bonds. The molecule has 1 saturated carbocycles. The van der Waals surface area contributed by atoms with E-state index in [4.69, 9.17) is 5.73 Å². The number of halogens is 3. The standard InChI is InChI=1S/C25H28F3N3O4S/c1-2-16-7-10-19(11-8-16)36(34,35)15-17-5-3-4-6-22(17)31-23(32)14-30-24(33)20-13-18(25(26,27)28)9-12-21(20)29/h2,7-13,17,22H,1,3-6,14-15,29H2,(H,30,33)(H,31,32)/t17-,22-/m0/s1. The fourth-order valence-corrected chi connectivity index (χ4v) is 5.94. The highest BCUT2D eigenvalue weighted by atomic mass is 32.2. The summed E-state index contributed by atoms with van der Waals surface area (Å²) in [6, 6.07) is 8.35. The zero-order valence-corrected chi connectivity index (χ0v) is 20.3. The number of nitrogens with one attached hydrogen (secondary N) is 2. The zero-order chi connectivity index (χ0) is 26.5. The highest BCUT2D eigenvalue weighted by Crippen LogP contribution is 2.31. The summed E-state index contributed by atoms with van der Waals surface area (Å²) in [6.07, 6.45) is -0.207. The van der Waals surface area contributed by atoms with Gasteiger partial charge in [-0.2, -0.15) is 13.2 Å². The Kier molecular flexibility index (Phi) is 8.44. The van der Waals surface area contributed by atoms with Gasteiger partial charge in [0.15, 0.2) is 9.84 Å². The molecule has 0 bridgehead atoms. The maximum Gasteiger partial charge on any atom is 0.416 e. The first kappa shape index (κ1) is 27.3. The van der Waals surface area contributed by atoms with Crippen LogP contribution >= 0.6 is 0 Å². The van der Waals surface area contributed by atoms with Gasteiger partial charge in [0.2, 0.25) is 5.91 Å². The van der Waals surface area contributed by atoms with Gasteiger partial charge in [0.25, 0.3) is 5.91 Å². The molecular formula is C25H28F3N3O4S. The second kappa shape index (κ2) is 11.2. The van der Waals surface area contributed by atoms with Crippen LogP contribution in [0.2, 0.25) is 0 Å². The van der Waals surface area contributed by atoms with Gasteiger partial charge in [-0.25, -0.2) is 8.42 Å². The van der Waals surface area contributed by atoms with E-state index in [-0.39, 0.29) is 27.8 Å². The Balaban J connectivity index is 1.62. The lowest BCUT2D eigenvalue weighted by atomic mass is 9.86. The minimum Gasteiger partial charge on any atom is -0.398 e. The molecule has 0 aliphatic heterocycles. The van der Waals surface area contributed by atoms with Crippen molar-refractivity contribution in [2.45, 2.75) is 42.8 Å². The number of rotatable bonds is 8. The van der Waals surface area contributed by atoms with Crippen molar-refractivity contribution < 1.29 is 31.2 Å². The predicted molar refractivity (Wildman–Crippen MR) is 131 cm³/mol. The third-order valence-electron chi connectivity index (χ3n) is 6.20. The molecule has 2 aromatic rings. The molecule has 2 atom stereocenters. The van der Waals surface area contributed by atoms with E-state index in [1.165, 1.54) is 12.1 Å². The maximum absolute atomic E-state index is 13.0. The summed E-state index contributed by atoms with van der Waals surface area (Å²) in [5, 5.41) is 5.06. The van der Waals surface area contributed by atoms with Crippen molar-refractivity contribution in [2.24, 2.45) is 5.92 Å². The molecule has 1 fully saturated rings. The van der Waals surface area contributed by atoms with Crippen molar-refractivity contribution in [3.05, 3.63) is 65.7 Å². The van der Waals surface area contributed by atoms with Gasteiger partial charge in [0.05, 0.1) is 28.3 Å². The lowest BCUT2D eigenvalue weighted by molar-refractivity contribution is -0.137. The second-order valence-corrected chi connectivity index (χ2v) is 10.8. The smallest absolute Gasteiger partial charge is 0.398 e. The van der Waals surface area contributed by atoms with Crippen LogP contribution in [0.5, 0.6) is 0 Å². The Morgan fingerprint density at radius 3 is 2.39 bits per heavy atom. The van der Waals surface area contributed by atoms with Crippen LogP contribution in [-0.4, -0.2) is 38.6 Å². The quantitative estimate of drug-likeness (QED) is 0.455. The van der Waals surface area contributed by atoms with Crippen LogP contribution < -0.4 is 16.4 Å². The average molecular weight is 524 g/mol. The Hall–Kier alpha value is -3.34. The third kappa shape index (κ3) is 6.87. The van der Waals surface area contributed by atoms with Gasteiger partial charge in [0.1, 0.15) is 0 Å². The van der Waals surface area contributed by atoms with Crippen molar-refractivity contribution in [2.75, 3.05) is 18.0 Å². The summed E-state index contributed by atoms with van der Waals surface area (Å²) in [7, 11) is -3.60. The van der Waals surface area contributed by atoms with Crippen molar-refractivity contribution in [3.8, 4) is 0 Å².